The molecular formula is C20H33FN4O. The Morgan fingerprint density at radius 1 is 1.27 bits per heavy atom. The molecule has 26 heavy (non-hydrogen) atoms. The number of guanidine groups is 1. The second-order valence-corrected chi connectivity index (χ2v) is 6.65. The number of aliphatic imine (C=N–C) groups is 1. The third kappa shape index (κ3) is 6.48. The van der Waals surface area contributed by atoms with E-state index in [1.807, 2.05) is 13.0 Å². The monoisotopic (exact) mass is 364 g/mol. The minimum absolute atomic E-state index is 0.295. The smallest absolute Gasteiger partial charge is 0.191 e. The van der Waals surface area contributed by atoms with Crippen molar-refractivity contribution < 1.29 is 9.13 Å². The summed E-state index contributed by atoms with van der Waals surface area (Å²) in [6.07, 6.45) is 3.46. The maximum absolute atomic E-state index is 14.0. The molecule has 0 aromatic heterocycles. The molecule has 0 saturated carbocycles. The second kappa shape index (κ2) is 11.0. The lowest BCUT2D eigenvalue weighted by Crippen LogP contribution is -2.48. The van der Waals surface area contributed by atoms with Gasteiger partial charge in [0.05, 0.1) is 13.2 Å². The number of nitrogens with one attached hydrogen (secondary N) is 2. The molecule has 1 heterocycles. The number of ether oxygens (including phenoxy) is 1. The fourth-order valence-electron chi connectivity index (χ4n) is 3.22. The third-order valence-electron chi connectivity index (χ3n) is 4.53. The van der Waals surface area contributed by atoms with Gasteiger partial charge in [0.2, 0.25) is 0 Å². The maximum atomic E-state index is 14.0. The topological polar surface area (TPSA) is 48.9 Å². The summed E-state index contributed by atoms with van der Waals surface area (Å²) in [7, 11) is 0. The molecule has 1 aliphatic heterocycles. The Bertz CT molecular complexity index is 571. The third-order valence-corrected chi connectivity index (χ3v) is 4.53. The van der Waals surface area contributed by atoms with Gasteiger partial charge in [-0.05, 0) is 57.4 Å². The van der Waals surface area contributed by atoms with Gasteiger partial charge in [0.25, 0.3) is 0 Å². The van der Waals surface area contributed by atoms with Crippen LogP contribution >= 0.6 is 0 Å². The molecule has 1 aliphatic rings. The van der Waals surface area contributed by atoms with Gasteiger partial charge in [-0.15, -0.1) is 0 Å². The van der Waals surface area contributed by atoms with Crippen LogP contribution in [0.1, 0.15) is 45.6 Å². The van der Waals surface area contributed by atoms with Crippen molar-refractivity contribution in [1.29, 1.82) is 0 Å². The Kier molecular flexibility index (Phi) is 8.68. The summed E-state index contributed by atoms with van der Waals surface area (Å²) < 4.78 is 19.2. The van der Waals surface area contributed by atoms with E-state index in [0.29, 0.717) is 24.9 Å². The summed E-state index contributed by atoms with van der Waals surface area (Å²) in [5.74, 6) is 0.764. The van der Waals surface area contributed by atoms with Crippen molar-refractivity contribution in [3.8, 4) is 5.75 Å². The van der Waals surface area contributed by atoms with E-state index >= 15 is 0 Å². The van der Waals surface area contributed by atoms with Gasteiger partial charge in [0.1, 0.15) is 0 Å². The Hall–Kier alpha value is -1.82. The number of piperidine rings is 1. The van der Waals surface area contributed by atoms with Crippen LogP contribution in [-0.4, -0.2) is 49.7 Å². The molecule has 0 radical (unpaired) electrons. The van der Waals surface area contributed by atoms with Crippen molar-refractivity contribution in [1.82, 2.24) is 15.5 Å². The van der Waals surface area contributed by atoms with Crippen molar-refractivity contribution in [2.75, 3.05) is 32.8 Å². The molecule has 1 fully saturated rings. The summed E-state index contributed by atoms with van der Waals surface area (Å²) >= 11 is 0. The molecule has 2 N–H and O–H groups in total. The number of likely N-dealkylation sites (tertiary alicyclic amines) is 1. The first-order valence-electron chi connectivity index (χ1n) is 9.84. The van der Waals surface area contributed by atoms with Crippen LogP contribution in [0.25, 0.3) is 0 Å². The van der Waals surface area contributed by atoms with E-state index in [4.69, 9.17) is 4.74 Å². The normalized spacial score (nSPS) is 16.5. The highest BCUT2D eigenvalue weighted by molar-refractivity contribution is 5.80. The Morgan fingerprint density at radius 3 is 2.65 bits per heavy atom. The van der Waals surface area contributed by atoms with Gasteiger partial charge in [-0.3, -0.25) is 0 Å². The van der Waals surface area contributed by atoms with E-state index in [-0.39, 0.29) is 5.82 Å². The molecular weight excluding hydrogens is 331 g/mol. The quantitative estimate of drug-likeness (QED) is 0.550. The van der Waals surface area contributed by atoms with Gasteiger partial charge in [-0.1, -0.05) is 13.0 Å². The first-order valence-corrected chi connectivity index (χ1v) is 9.84. The van der Waals surface area contributed by atoms with E-state index in [0.717, 1.165) is 44.0 Å². The number of rotatable bonds is 8. The van der Waals surface area contributed by atoms with E-state index in [2.05, 4.69) is 34.4 Å². The minimum atomic E-state index is -0.333. The summed E-state index contributed by atoms with van der Waals surface area (Å²) in [5, 5.41) is 6.82. The van der Waals surface area contributed by atoms with Crippen LogP contribution in [-0.2, 0) is 6.54 Å². The number of hydrogen-bond acceptors (Lipinski definition) is 3. The minimum Gasteiger partial charge on any atom is -0.491 e. The van der Waals surface area contributed by atoms with Crippen LogP contribution in [0.15, 0.2) is 23.2 Å². The van der Waals surface area contributed by atoms with Crippen molar-refractivity contribution in [2.45, 2.75) is 52.6 Å². The molecule has 0 bridgehead atoms. The summed E-state index contributed by atoms with van der Waals surface area (Å²) in [6.45, 7) is 11.3. The van der Waals surface area contributed by atoms with Crippen molar-refractivity contribution in [3.63, 3.8) is 0 Å². The van der Waals surface area contributed by atoms with Crippen LogP contribution in [0.4, 0.5) is 4.39 Å². The van der Waals surface area contributed by atoms with Gasteiger partial charge < -0.3 is 20.3 Å². The van der Waals surface area contributed by atoms with Gasteiger partial charge in [0.15, 0.2) is 17.5 Å². The van der Waals surface area contributed by atoms with Gasteiger partial charge in [-0.25, -0.2) is 9.38 Å². The zero-order chi connectivity index (χ0) is 18.8. The highest BCUT2D eigenvalue weighted by atomic mass is 19.1. The number of benzene rings is 1. The standard InChI is InChI=1S/C20H33FN4O/c1-4-11-25-12-9-17(10-13-25)24-20(22-5-2)23-15-16-7-8-19(26-6-3)18(21)14-16/h7-8,14,17H,4-6,9-13,15H2,1-3H3,(H2,22,23,24). The van der Waals surface area contributed by atoms with Crippen molar-refractivity contribution in [2.24, 2.45) is 4.99 Å². The lowest BCUT2D eigenvalue weighted by molar-refractivity contribution is 0.206. The van der Waals surface area contributed by atoms with Crippen molar-refractivity contribution >= 4 is 5.96 Å². The lowest BCUT2D eigenvalue weighted by atomic mass is 10.1. The molecule has 0 spiro atoms. The summed E-state index contributed by atoms with van der Waals surface area (Å²) in [6, 6.07) is 5.48. The van der Waals surface area contributed by atoms with Gasteiger partial charge >= 0.3 is 0 Å². The predicted molar refractivity (Wildman–Crippen MR) is 105 cm³/mol. The molecule has 5 nitrogen and oxygen atoms in total. The molecule has 0 amide bonds. The molecule has 0 atom stereocenters. The average molecular weight is 365 g/mol. The molecule has 1 aromatic carbocycles. The molecule has 1 saturated heterocycles. The molecule has 0 aliphatic carbocycles. The molecule has 6 heteroatoms. The van der Waals surface area contributed by atoms with Gasteiger partial charge in [0, 0.05) is 25.7 Å². The highest BCUT2D eigenvalue weighted by Gasteiger charge is 2.19. The van der Waals surface area contributed by atoms with Crippen LogP contribution in [0.2, 0.25) is 0 Å². The Morgan fingerprint density at radius 2 is 2.04 bits per heavy atom. The second-order valence-electron chi connectivity index (χ2n) is 6.65. The summed E-state index contributed by atoms with van der Waals surface area (Å²) in [5.41, 5.74) is 0.834. The average Bonchev–Trinajstić information content (AvgIpc) is 2.64. The van der Waals surface area contributed by atoms with Crippen LogP contribution in [0.3, 0.4) is 0 Å². The zero-order valence-electron chi connectivity index (χ0n) is 16.4. The van der Waals surface area contributed by atoms with E-state index in [1.165, 1.54) is 19.0 Å². The molecule has 0 unspecified atom stereocenters. The predicted octanol–water partition coefficient (Wildman–Crippen LogP) is 3.15. The first-order chi connectivity index (χ1) is 12.7. The SMILES string of the molecule is CCCN1CCC(NC(=NCc2ccc(OCC)c(F)c2)NCC)CC1. The van der Waals surface area contributed by atoms with Crippen LogP contribution < -0.4 is 15.4 Å². The Balaban J connectivity index is 1.91. The molecule has 146 valence electrons. The maximum Gasteiger partial charge on any atom is 0.191 e. The fourth-order valence-corrected chi connectivity index (χ4v) is 3.22. The van der Waals surface area contributed by atoms with E-state index < -0.39 is 0 Å². The molecule has 1 aromatic rings. The van der Waals surface area contributed by atoms with Crippen LogP contribution in [0.5, 0.6) is 5.75 Å². The number of hydrogen-bond donors (Lipinski definition) is 2. The van der Waals surface area contributed by atoms with E-state index in [1.54, 1.807) is 6.07 Å². The van der Waals surface area contributed by atoms with Crippen LogP contribution in [0, 0.1) is 5.82 Å². The number of nitrogens with zero attached hydrogens (tertiary/aromatic N) is 2. The molecule has 2 rings (SSSR count). The first kappa shape index (κ1) is 20.5. The number of halogens is 1. The highest BCUT2D eigenvalue weighted by Crippen LogP contribution is 2.18. The van der Waals surface area contributed by atoms with E-state index in [9.17, 15) is 4.39 Å². The van der Waals surface area contributed by atoms with Crippen molar-refractivity contribution in [3.05, 3.63) is 29.6 Å². The largest absolute Gasteiger partial charge is 0.491 e. The fraction of sp³-hybridized carbons (Fsp3) is 0.650. The zero-order valence-corrected chi connectivity index (χ0v) is 16.4. The Labute approximate surface area is 157 Å². The lowest BCUT2D eigenvalue weighted by Gasteiger charge is -2.32. The summed E-state index contributed by atoms with van der Waals surface area (Å²) in [4.78, 5) is 7.14. The van der Waals surface area contributed by atoms with Gasteiger partial charge in [-0.2, -0.15) is 0 Å².